The van der Waals surface area contributed by atoms with Gasteiger partial charge >= 0.3 is 11.9 Å². The minimum absolute atomic E-state index is 0.0521. The number of anilines is 1. The largest absolute Gasteiger partial charge is 0.465 e. The third-order valence-electron chi connectivity index (χ3n) is 5.84. The highest BCUT2D eigenvalue weighted by molar-refractivity contribution is 8.02. The first-order chi connectivity index (χ1) is 19.0. The summed E-state index contributed by atoms with van der Waals surface area (Å²) in [5.74, 6) is -4.28. The molecule has 1 aliphatic carbocycles. The molecule has 9 heteroatoms. The zero-order valence-electron chi connectivity index (χ0n) is 24.1. The molecule has 0 unspecified atom stereocenters. The molecule has 0 saturated heterocycles. The second-order valence-electron chi connectivity index (χ2n) is 9.90. The predicted molar refractivity (Wildman–Crippen MR) is 155 cm³/mol. The lowest BCUT2D eigenvalue weighted by Crippen LogP contribution is -2.37. The van der Waals surface area contributed by atoms with Crippen molar-refractivity contribution in [3.05, 3.63) is 76.3 Å². The van der Waals surface area contributed by atoms with Crippen LogP contribution in [0.5, 0.6) is 0 Å². The first-order valence-electron chi connectivity index (χ1n) is 13.6. The van der Waals surface area contributed by atoms with E-state index in [1.54, 1.807) is 58.0 Å². The molecule has 3 rings (SSSR count). The summed E-state index contributed by atoms with van der Waals surface area (Å²) in [6.45, 7) is 10.6. The fourth-order valence-corrected chi connectivity index (χ4v) is 4.98. The zero-order chi connectivity index (χ0) is 29.9. The lowest BCUT2D eigenvalue weighted by atomic mass is 9.80. The molecule has 0 atom stereocenters. The van der Waals surface area contributed by atoms with Crippen LogP contribution in [0.25, 0.3) is 0 Å². The molecule has 6 nitrogen and oxygen atoms in total. The van der Waals surface area contributed by atoms with Gasteiger partial charge in [-0.1, -0.05) is 50.6 Å². The van der Waals surface area contributed by atoms with Gasteiger partial charge in [-0.2, -0.15) is 0 Å². The van der Waals surface area contributed by atoms with E-state index in [0.29, 0.717) is 18.5 Å². The Morgan fingerprint density at radius 3 is 2.20 bits per heavy atom. The molecule has 0 spiro atoms. The molecule has 2 aromatic carbocycles. The van der Waals surface area contributed by atoms with Gasteiger partial charge in [-0.15, -0.1) is 11.8 Å². The van der Waals surface area contributed by atoms with Gasteiger partial charge in [-0.3, -0.25) is 9.59 Å². The smallest absolute Gasteiger partial charge is 0.345 e. The standard InChI is InChI=1S/C29H33F2NO5S.C2H6/c1-5-36-23(33)17-32(21-14-7-6-8-15-21)27(38-18-20-13-10-16-22(30)25(20)31)24(26(34)19-11-9-12-19)28(35)37-29(2,3)4;1-2/h6-8,10,13-16,19H,5,9,11-12,17-18H2,1-4H3;1-2H3/b27-24+;. The molecule has 0 radical (unpaired) electrons. The number of carbonyl (C=O) groups is 3. The lowest BCUT2D eigenvalue weighted by molar-refractivity contribution is -0.151. The van der Waals surface area contributed by atoms with Crippen molar-refractivity contribution in [2.45, 2.75) is 72.2 Å². The summed E-state index contributed by atoms with van der Waals surface area (Å²) in [6, 6.07) is 12.6. The van der Waals surface area contributed by atoms with E-state index in [2.05, 4.69) is 0 Å². The maximum absolute atomic E-state index is 14.6. The number of benzene rings is 2. The van der Waals surface area contributed by atoms with Crippen LogP contribution in [0.1, 0.15) is 66.4 Å². The van der Waals surface area contributed by atoms with Crippen LogP contribution >= 0.6 is 11.8 Å². The summed E-state index contributed by atoms with van der Waals surface area (Å²) in [5, 5.41) is 0.124. The van der Waals surface area contributed by atoms with Gasteiger partial charge in [0.25, 0.3) is 0 Å². The van der Waals surface area contributed by atoms with Crippen LogP contribution in [0.2, 0.25) is 0 Å². The Kier molecular flexibility index (Phi) is 12.8. The normalized spacial score (nSPS) is 13.7. The molecule has 0 aromatic heterocycles. The second-order valence-corrected chi connectivity index (χ2v) is 10.9. The molecule has 0 aliphatic heterocycles. The Labute approximate surface area is 240 Å². The topological polar surface area (TPSA) is 72.9 Å². The van der Waals surface area contributed by atoms with Crippen molar-refractivity contribution < 1.29 is 32.6 Å². The Morgan fingerprint density at radius 2 is 1.65 bits per heavy atom. The number of carbonyl (C=O) groups excluding carboxylic acids is 3. The number of esters is 2. The first-order valence-corrected chi connectivity index (χ1v) is 14.6. The number of nitrogens with zero attached hydrogens (tertiary/aromatic N) is 1. The van der Waals surface area contributed by atoms with Crippen molar-refractivity contribution in [2.75, 3.05) is 18.1 Å². The summed E-state index contributed by atoms with van der Waals surface area (Å²) in [5.41, 5.74) is -0.535. The van der Waals surface area contributed by atoms with E-state index >= 15 is 0 Å². The van der Waals surface area contributed by atoms with Crippen molar-refractivity contribution in [1.29, 1.82) is 0 Å². The number of halogens is 2. The highest BCUT2D eigenvalue weighted by Crippen LogP contribution is 2.38. The molecule has 0 N–H and O–H groups in total. The fraction of sp³-hybridized carbons (Fsp3) is 0.452. The molecule has 0 heterocycles. The SMILES string of the molecule is CC.CCOC(=O)CN(/C(SCc1cccc(F)c1F)=C(\C(=O)OC(C)(C)C)C(=O)C1CCC1)c1ccccc1. The van der Waals surface area contributed by atoms with Crippen LogP contribution in [0.3, 0.4) is 0 Å². The summed E-state index contributed by atoms with van der Waals surface area (Å²) < 4.78 is 39.3. The Balaban J connectivity index is 0.00000274. The molecule has 0 bridgehead atoms. The van der Waals surface area contributed by atoms with Gasteiger partial charge < -0.3 is 14.4 Å². The maximum atomic E-state index is 14.6. The predicted octanol–water partition coefficient (Wildman–Crippen LogP) is 7.22. The second kappa shape index (κ2) is 15.6. The first kappa shape index (κ1) is 33.0. The van der Waals surface area contributed by atoms with Gasteiger partial charge in [0.05, 0.1) is 11.6 Å². The zero-order valence-corrected chi connectivity index (χ0v) is 24.9. The molecular formula is C31H39F2NO5S. The van der Waals surface area contributed by atoms with Crippen molar-refractivity contribution in [3.8, 4) is 0 Å². The average Bonchev–Trinajstić information content (AvgIpc) is 2.87. The number of hydrogen-bond acceptors (Lipinski definition) is 7. The lowest BCUT2D eigenvalue weighted by Gasteiger charge is -2.31. The number of Topliss-reactive ketones (excluding diaryl/α,β-unsaturated/α-hetero) is 1. The van der Waals surface area contributed by atoms with Crippen LogP contribution in [0.15, 0.2) is 59.1 Å². The van der Waals surface area contributed by atoms with Gasteiger partial charge in [0, 0.05) is 22.9 Å². The van der Waals surface area contributed by atoms with E-state index in [4.69, 9.17) is 9.47 Å². The number of hydrogen-bond donors (Lipinski definition) is 0. The number of thioether (sulfide) groups is 1. The van der Waals surface area contributed by atoms with E-state index in [0.717, 1.165) is 24.2 Å². The molecule has 1 fully saturated rings. The minimum Gasteiger partial charge on any atom is -0.465 e. The Morgan fingerprint density at radius 1 is 1.00 bits per heavy atom. The Bertz CT molecular complexity index is 1190. The van der Waals surface area contributed by atoms with Crippen molar-refractivity contribution in [1.82, 2.24) is 0 Å². The quantitative estimate of drug-likeness (QED) is 0.121. The highest BCUT2D eigenvalue weighted by atomic mass is 32.2. The monoisotopic (exact) mass is 575 g/mol. The number of para-hydroxylation sites is 1. The summed E-state index contributed by atoms with van der Waals surface area (Å²) in [7, 11) is 0. The van der Waals surface area contributed by atoms with Gasteiger partial charge in [0.2, 0.25) is 0 Å². The summed E-state index contributed by atoms with van der Waals surface area (Å²) >= 11 is 0.973. The van der Waals surface area contributed by atoms with Crippen LogP contribution in [-0.4, -0.2) is 36.5 Å². The summed E-state index contributed by atoms with van der Waals surface area (Å²) in [4.78, 5) is 41.5. The minimum atomic E-state index is -1.01. The van der Waals surface area contributed by atoms with E-state index in [9.17, 15) is 23.2 Å². The molecule has 1 saturated carbocycles. The highest BCUT2D eigenvalue weighted by Gasteiger charge is 2.38. The van der Waals surface area contributed by atoms with Crippen LogP contribution in [0, 0.1) is 17.6 Å². The van der Waals surface area contributed by atoms with E-state index in [1.165, 1.54) is 17.0 Å². The number of ether oxygens (including phenoxy) is 2. The summed E-state index contributed by atoms with van der Waals surface area (Å²) in [6.07, 6.45) is 2.12. The van der Waals surface area contributed by atoms with Gasteiger partial charge in [0.15, 0.2) is 17.4 Å². The number of rotatable bonds is 11. The van der Waals surface area contributed by atoms with Gasteiger partial charge in [0.1, 0.15) is 17.7 Å². The van der Waals surface area contributed by atoms with Crippen LogP contribution < -0.4 is 4.90 Å². The third-order valence-corrected chi connectivity index (χ3v) is 6.99. The molecule has 2 aromatic rings. The Hall–Kier alpha value is -3.20. The number of ketones is 1. The molecule has 218 valence electrons. The van der Waals surface area contributed by atoms with E-state index in [1.807, 2.05) is 13.8 Å². The average molecular weight is 576 g/mol. The van der Waals surface area contributed by atoms with Gasteiger partial charge in [-0.05, 0) is 58.7 Å². The van der Waals surface area contributed by atoms with Crippen molar-refractivity contribution in [3.63, 3.8) is 0 Å². The van der Waals surface area contributed by atoms with Crippen LogP contribution in [-0.2, 0) is 29.6 Å². The van der Waals surface area contributed by atoms with Crippen molar-refractivity contribution in [2.24, 2.45) is 5.92 Å². The molecule has 1 aliphatic rings. The van der Waals surface area contributed by atoms with Gasteiger partial charge in [-0.25, -0.2) is 13.6 Å². The van der Waals surface area contributed by atoms with E-state index < -0.39 is 35.0 Å². The fourth-order valence-electron chi connectivity index (χ4n) is 3.81. The van der Waals surface area contributed by atoms with E-state index in [-0.39, 0.29) is 41.0 Å². The molecule has 0 amide bonds. The molecular weight excluding hydrogens is 536 g/mol. The van der Waals surface area contributed by atoms with Crippen molar-refractivity contribution >= 4 is 35.2 Å². The molecule has 40 heavy (non-hydrogen) atoms. The third kappa shape index (κ3) is 9.18. The van der Waals surface area contributed by atoms with Crippen LogP contribution in [0.4, 0.5) is 14.5 Å². The maximum Gasteiger partial charge on any atom is 0.345 e.